The van der Waals surface area contributed by atoms with Gasteiger partial charge in [0.05, 0.1) is 18.3 Å². The van der Waals surface area contributed by atoms with E-state index in [1.165, 1.54) is 18.0 Å². The number of likely N-dealkylation sites (N-methyl/N-ethyl adjacent to an activating group) is 1. The first-order valence-corrected chi connectivity index (χ1v) is 6.20. The van der Waals surface area contributed by atoms with Crippen LogP contribution in [0.5, 0.6) is 5.75 Å². The van der Waals surface area contributed by atoms with Crippen LogP contribution in [0.2, 0.25) is 0 Å². The van der Waals surface area contributed by atoms with Crippen molar-refractivity contribution in [3.8, 4) is 5.75 Å². The first-order chi connectivity index (χ1) is 9.85. The maximum absolute atomic E-state index is 13.1. The molecule has 0 aliphatic rings. The van der Waals surface area contributed by atoms with Crippen LogP contribution in [0.4, 0.5) is 23.7 Å². The van der Waals surface area contributed by atoms with Crippen molar-refractivity contribution >= 4 is 11.7 Å². The van der Waals surface area contributed by atoms with Gasteiger partial charge in [-0.25, -0.2) is 18.0 Å². The van der Waals surface area contributed by atoms with E-state index in [-0.39, 0.29) is 18.0 Å². The number of hydrogen-bond donors (Lipinski definition) is 2. The molecule has 1 atom stereocenters. The standard InChI is InChI=1S/C13H17F3N2O3/c1-8(6-19)18(2)13(20)17-10-4-3-9(14)5-11(10)21-7-12(15)16/h3-5,8,12,19H,6-7H2,1-2H3,(H,17,20). The summed E-state index contributed by atoms with van der Waals surface area (Å²) in [5.41, 5.74) is 0.0686. The second-order valence-electron chi connectivity index (χ2n) is 4.42. The average Bonchev–Trinajstić information content (AvgIpc) is 2.45. The van der Waals surface area contributed by atoms with Crippen LogP contribution in [0.1, 0.15) is 6.92 Å². The number of ether oxygens (including phenoxy) is 1. The molecule has 2 amide bonds. The van der Waals surface area contributed by atoms with Crippen molar-refractivity contribution in [2.45, 2.75) is 19.4 Å². The first-order valence-electron chi connectivity index (χ1n) is 6.20. The normalized spacial score (nSPS) is 12.1. The van der Waals surface area contributed by atoms with Crippen LogP contribution in [0, 0.1) is 5.82 Å². The van der Waals surface area contributed by atoms with E-state index < -0.39 is 30.9 Å². The first kappa shape index (κ1) is 17.1. The van der Waals surface area contributed by atoms with Gasteiger partial charge in [0.1, 0.15) is 18.2 Å². The fourth-order valence-electron chi connectivity index (χ4n) is 1.40. The van der Waals surface area contributed by atoms with Gasteiger partial charge < -0.3 is 20.1 Å². The van der Waals surface area contributed by atoms with Crippen molar-refractivity contribution in [2.75, 3.05) is 25.6 Å². The molecular formula is C13H17F3N2O3. The molecule has 8 heteroatoms. The van der Waals surface area contributed by atoms with Crippen molar-refractivity contribution in [2.24, 2.45) is 0 Å². The van der Waals surface area contributed by atoms with Crippen molar-refractivity contribution in [3.05, 3.63) is 24.0 Å². The quantitative estimate of drug-likeness (QED) is 0.848. The van der Waals surface area contributed by atoms with Gasteiger partial charge >= 0.3 is 6.03 Å². The Morgan fingerprint density at radius 1 is 1.48 bits per heavy atom. The number of urea groups is 1. The fourth-order valence-corrected chi connectivity index (χ4v) is 1.40. The predicted molar refractivity (Wildman–Crippen MR) is 71.2 cm³/mol. The minimum absolute atomic E-state index is 0.0686. The van der Waals surface area contributed by atoms with E-state index in [1.807, 2.05) is 0 Å². The molecule has 1 aromatic carbocycles. The zero-order valence-electron chi connectivity index (χ0n) is 11.6. The monoisotopic (exact) mass is 306 g/mol. The minimum Gasteiger partial charge on any atom is -0.485 e. The highest BCUT2D eigenvalue weighted by Gasteiger charge is 2.17. The number of halogens is 3. The molecule has 1 aromatic rings. The summed E-state index contributed by atoms with van der Waals surface area (Å²) in [6, 6.07) is 2.18. The number of benzene rings is 1. The highest BCUT2D eigenvalue weighted by molar-refractivity contribution is 5.91. The smallest absolute Gasteiger partial charge is 0.322 e. The Hall–Kier alpha value is -1.96. The van der Waals surface area contributed by atoms with Crippen LogP contribution in [0.25, 0.3) is 0 Å². The number of amides is 2. The van der Waals surface area contributed by atoms with Crippen LogP contribution in [0.15, 0.2) is 18.2 Å². The average molecular weight is 306 g/mol. The van der Waals surface area contributed by atoms with Crippen molar-refractivity contribution in [1.29, 1.82) is 0 Å². The third-order valence-corrected chi connectivity index (χ3v) is 2.80. The van der Waals surface area contributed by atoms with E-state index in [0.717, 1.165) is 12.1 Å². The number of aliphatic hydroxyl groups excluding tert-OH is 1. The number of rotatable bonds is 6. The zero-order valence-corrected chi connectivity index (χ0v) is 11.6. The molecule has 0 bridgehead atoms. The molecule has 0 aromatic heterocycles. The zero-order chi connectivity index (χ0) is 16.0. The summed E-state index contributed by atoms with van der Waals surface area (Å²) < 4.78 is 42.2. The third kappa shape index (κ3) is 5.14. The summed E-state index contributed by atoms with van der Waals surface area (Å²) in [5, 5.41) is 11.4. The van der Waals surface area contributed by atoms with Crippen molar-refractivity contribution in [1.82, 2.24) is 4.90 Å². The molecule has 21 heavy (non-hydrogen) atoms. The second-order valence-corrected chi connectivity index (χ2v) is 4.42. The summed E-state index contributed by atoms with van der Waals surface area (Å²) in [6.07, 6.45) is -2.71. The van der Waals surface area contributed by atoms with Crippen LogP contribution in [-0.2, 0) is 0 Å². The van der Waals surface area contributed by atoms with Gasteiger partial charge in [-0.1, -0.05) is 0 Å². The number of anilines is 1. The third-order valence-electron chi connectivity index (χ3n) is 2.80. The van der Waals surface area contributed by atoms with E-state index in [4.69, 9.17) is 9.84 Å². The molecule has 5 nitrogen and oxygen atoms in total. The Morgan fingerprint density at radius 3 is 2.71 bits per heavy atom. The van der Waals surface area contributed by atoms with Crippen LogP contribution < -0.4 is 10.1 Å². The van der Waals surface area contributed by atoms with Crippen molar-refractivity contribution in [3.63, 3.8) is 0 Å². The summed E-state index contributed by atoms with van der Waals surface area (Å²) in [7, 11) is 1.46. The van der Waals surface area contributed by atoms with Crippen LogP contribution >= 0.6 is 0 Å². The lowest BCUT2D eigenvalue weighted by Gasteiger charge is -2.24. The van der Waals surface area contributed by atoms with E-state index in [0.29, 0.717) is 0 Å². The number of hydrogen-bond acceptors (Lipinski definition) is 3. The molecular weight excluding hydrogens is 289 g/mol. The fraction of sp³-hybridized carbons (Fsp3) is 0.462. The molecule has 0 heterocycles. The lowest BCUT2D eigenvalue weighted by atomic mass is 10.2. The highest BCUT2D eigenvalue weighted by Crippen LogP contribution is 2.26. The molecule has 0 fully saturated rings. The van der Waals surface area contributed by atoms with Gasteiger partial charge in [-0.15, -0.1) is 0 Å². The van der Waals surface area contributed by atoms with Crippen LogP contribution in [0.3, 0.4) is 0 Å². The number of nitrogens with one attached hydrogen (secondary N) is 1. The maximum Gasteiger partial charge on any atom is 0.322 e. The Morgan fingerprint density at radius 2 is 2.14 bits per heavy atom. The summed E-state index contributed by atoms with van der Waals surface area (Å²) in [4.78, 5) is 13.1. The van der Waals surface area contributed by atoms with E-state index >= 15 is 0 Å². The number of alkyl halides is 2. The van der Waals surface area contributed by atoms with Gasteiger partial charge in [0, 0.05) is 13.1 Å². The van der Waals surface area contributed by atoms with Crippen molar-refractivity contribution < 1.29 is 27.8 Å². The molecule has 0 aliphatic heterocycles. The lowest BCUT2D eigenvalue weighted by molar-refractivity contribution is 0.0821. The molecule has 0 aliphatic carbocycles. The molecule has 118 valence electrons. The van der Waals surface area contributed by atoms with Gasteiger partial charge in [-0.05, 0) is 19.1 Å². The number of nitrogens with zero attached hydrogens (tertiary/aromatic N) is 1. The van der Waals surface area contributed by atoms with Gasteiger partial charge in [0.25, 0.3) is 6.43 Å². The van der Waals surface area contributed by atoms with Gasteiger partial charge in [-0.2, -0.15) is 0 Å². The predicted octanol–water partition coefficient (Wildman–Crippen LogP) is 2.31. The lowest BCUT2D eigenvalue weighted by Crippen LogP contribution is -2.40. The van der Waals surface area contributed by atoms with E-state index in [1.54, 1.807) is 6.92 Å². The largest absolute Gasteiger partial charge is 0.485 e. The van der Waals surface area contributed by atoms with Crippen LogP contribution in [-0.4, -0.2) is 48.8 Å². The molecule has 1 rings (SSSR count). The Bertz CT molecular complexity index is 486. The summed E-state index contributed by atoms with van der Waals surface area (Å²) >= 11 is 0. The second kappa shape index (κ2) is 7.72. The Balaban J connectivity index is 2.84. The van der Waals surface area contributed by atoms with E-state index in [2.05, 4.69) is 5.32 Å². The number of carbonyl (C=O) groups excluding carboxylic acids is 1. The molecule has 0 radical (unpaired) electrons. The number of aliphatic hydroxyl groups is 1. The summed E-state index contributed by atoms with van der Waals surface area (Å²) in [6.45, 7) is 0.482. The molecule has 0 saturated heterocycles. The molecule has 2 N–H and O–H groups in total. The minimum atomic E-state index is -2.71. The SMILES string of the molecule is CC(CO)N(C)C(=O)Nc1ccc(F)cc1OCC(F)F. The molecule has 0 spiro atoms. The van der Waals surface area contributed by atoms with Gasteiger partial charge in [-0.3, -0.25) is 0 Å². The highest BCUT2D eigenvalue weighted by atomic mass is 19.3. The maximum atomic E-state index is 13.1. The molecule has 1 unspecified atom stereocenters. The summed E-state index contributed by atoms with van der Waals surface area (Å²) in [5.74, 6) is -0.858. The molecule has 0 saturated carbocycles. The Kier molecular flexibility index (Phi) is 6.29. The van der Waals surface area contributed by atoms with E-state index in [9.17, 15) is 18.0 Å². The van der Waals surface area contributed by atoms with Gasteiger partial charge in [0.2, 0.25) is 0 Å². The van der Waals surface area contributed by atoms with Gasteiger partial charge in [0.15, 0.2) is 0 Å². The Labute approximate surface area is 120 Å². The number of carbonyl (C=O) groups is 1. The topological polar surface area (TPSA) is 61.8 Å².